The van der Waals surface area contributed by atoms with Gasteiger partial charge in [0.15, 0.2) is 0 Å². The first-order valence-corrected chi connectivity index (χ1v) is 4.09. The molecule has 14 heavy (non-hydrogen) atoms. The second-order valence-electron chi connectivity index (χ2n) is 2.73. The lowest BCUT2D eigenvalue weighted by Gasteiger charge is -2.00. The smallest absolute Gasteiger partial charge is 0.298 e. The van der Waals surface area contributed by atoms with Crippen molar-refractivity contribution in [3.8, 4) is 16.9 Å². The molecule has 4 nitrogen and oxygen atoms in total. The molecule has 0 aliphatic rings. The molecular formula is C10H8N2O2. The Morgan fingerprint density at radius 2 is 2.29 bits per heavy atom. The van der Waals surface area contributed by atoms with Gasteiger partial charge in [-0.25, -0.2) is 0 Å². The van der Waals surface area contributed by atoms with Gasteiger partial charge in [0.2, 0.25) is 0 Å². The summed E-state index contributed by atoms with van der Waals surface area (Å²) in [5.41, 5.74) is 1.92. The highest BCUT2D eigenvalue weighted by Gasteiger charge is 2.00. The summed E-state index contributed by atoms with van der Waals surface area (Å²) in [6.07, 6.45) is 3.49. The topological polar surface area (TPSA) is 55.0 Å². The number of hydrogen-bond donors (Lipinski definition) is 1. The van der Waals surface area contributed by atoms with Gasteiger partial charge in [-0.2, -0.15) is 5.10 Å². The maximum absolute atomic E-state index is 10.1. The SMILES string of the molecule is O=COc1cccc(-c2cn[nH]c2)c1. The minimum absolute atomic E-state index is 0.411. The van der Waals surface area contributed by atoms with E-state index >= 15 is 0 Å². The van der Waals surface area contributed by atoms with Crippen molar-refractivity contribution in [2.24, 2.45) is 0 Å². The van der Waals surface area contributed by atoms with Crippen molar-refractivity contribution in [3.05, 3.63) is 36.7 Å². The Labute approximate surface area is 80.5 Å². The fraction of sp³-hybridized carbons (Fsp3) is 0. The van der Waals surface area contributed by atoms with Crippen molar-refractivity contribution in [2.45, 2.75) is 0 Å². The van der Waals surface area contributed by atoms with E-state index in [1.165, 1.54) is 0 Å². The normalized spacial score (nSPS) is 9.71. The Bertz CT molecular complexity index is 423. The molecule has 0 radical (unpaired) electrons. The molecule has 0 aliphatic heterocycles. The van der Waals surface area contributed by atoms with Crippen molar-refractivity contribution in [2.75, 3.05) is 0 Å². The minimum Gasteiger partial charge on any atom is -0.429 e. The molecular weight excluding hydrogens is 180 g/mol. The second kappa shape index (κ2) is 3.74. The number of aromatic amines is 1. The summed E-state index contributed by atoms with van der Waals surface area (Å²) >= 11 is 0. The first-order valence-electron chi connectivity index (χ1n) is 4.09. The minimum atomic E-state index is 0.411. The van der Waals surface area contributed by atoms with E-state index in [0.29, 0.717) is 12.2 Å². The van der Waals surface area contributed by atoms with Crippen LogP contribution in [0.25, 0.3) is 11.1 Å². The van der Waals surface area contributed by atoms with Crippen LogP contribution in [0.15, 0.2) is 36.7 Å². The van der Waals surface area contributed by atoms with Crippen molar-refractivity contribution >= 4 is 6.47 Å². The molecule has 2 rings (SSSR count). The molecule has 4 heteroatoms. The summed E-state index contributed by atoms with van der Waals surface area (Å²) in [6, 6.07) is 7.24. The van der Waals surface area contributed by atoms with Crippen molar-refractivity contribution in [3.63, 3.8) is 0 Å². The van der Waals surface area contributed by atoms with Gasteiger partial charge in [0.1, 0.15) is 5.75 Å². The van der Waals surface area contributed by atoms with E-state index in [4.69, 9.17) is 4.74 Å². The molecule has 1 heterocycles. The van der Waals surface area contributed by atoms with E-state index in [0.717, 1.165) is 11.1 Å². The van der Waals surface area contributed by atoms with E-state index in [1.54, 1.807) is 24.5 Å². The second-order valence-corrected chi connectivity index (χ2v) is 2.73. The molecule has 0 amide bonds. The lowest BCUT2D eigenvalue weighted by atomic mass is 10.1. The molecule has 0 aliphatic carbocycles. The highest BCUT2D eigenvalue weighted by atomic mass is 16.5. The van der Waals surface area contributed by atoms with Crippen molar-refractivity contribution in [1.29, 1.82) is 0 Å². The Morgan fingerprint density at radius 3 is 3.00 bits per heavy atom. The Hall–Kier alpha value is -2.10. The van der Waals surface area contributed by atoms with Gasteiger partial charge < -0.3 is 4.74 Å². The zero-order valence-corrected chi connectivity index (χ0v) is 7.31. The predicted octanol–water partition coefficient (Wildman–Crippen LogP) is 1.61. The van der Waals surface area contributed by atoms with Crippen LogP contribution in [-0.2, 0) is 4.79 Å². The van der Waals surface area contributed by atoms with E-state index in [2.05, 4.69) is 10.2 Å². The number of hydrogen-bond acceptors (Lipinski definition) is 3. The van der Waals surface area contributed by atoms with Gasteiger partial charge in [0.05, 0.1) is 6.20 Å². The van der Waals surface area contributed by atoms with Crippen LogP contribution in [0, 0.1) is 0 Å². The number of rotatable bonds is 3. The van der Waals surface area contributed by atoms with Crippen LogP contribution in [0.1, 0.15) is 0 Å². The van der Waals surface area contributed by atoms with Crippen LogP contribution in [0.5, 0.6) is 5.75 Å². The molecule has 0 atom stereocenters. The lowest BCUT2D eigenvalue weighted by molar-refractivity contribution is -0.120. The Kier molecular flexibility index (Phi) is 2.27. The van der Waals surface area contributed by atoms with Crippen LogP contribution >= 0.6 is 0 Å². The van der Waals surface area contributed by atoms with Crippen molar-refractivity contribution in [1.82, 2.24) is 10.2 Å². The highest BCUT2D eigenvalue weighted by Crippen LogP contribution is 2.22. The molecule has 0 saturated heterocycles. The molecule has 0 saturated carbocycles. The first kappa shape index (κ1) is 8.50. The average Bonchev–Trinajstić information content (AvgIpc) is 2.71. The maximum atomic E-state index is 10.1. The summed E-state index contributed by atoms with van der Waals surface area (Å²) in [5, 5.41) is 6.56. The average molecular weight is 188 g/mol. The number of aromatic nitrogens is 2. The molecule has 2 aromatic rings. The van der Waals surface area contributed by atoms with Gasteiger partial charge in [-0.1, -0.05) is 12.1 Å². The van der Waals surface area contributed by atoms with Gasteiger partial charge in [0.25, 0.3) is 6.47 Å². The van der Waals surface area contributed by atoms with Crippen LogP contribution < -0.4 is 4.74 Å². The number of carbonyl (C=O) groups excluding carboxylic acids is 1. The lowest BCUT2D eigenvalue weighted by Crippen LogP contribution is -1.87. The first-order chi connectivity index (χ1) is 6.90. The maximum Gasteiger partial charge on any atom is 0.298 e. The number of benzene rings is 1. The number of H-pyrrole nitrogens is 1. The van der Waals surface area contributed by atoms with Crippen LogP contribution in [0.3, 0.4) is 0 Å². The number of nitrogens with zero attached hydrogens (tertiary/aromatic N) is 1. The van der Waals surface area contributed by atoms with Gasteiger partial charge in [-0.3, -0.25) is 9.89 Å². The van der Waals surface area contributed by atoms with Gasteiger partial charge >= 0.3 is 0 Å². The fourth-order valence-corrected chi connectivity index (χ4v) is 1.21. The highest BCUT2D eigenvalue weighted by molar-refractivity contribution is 5.64. The van der Waals surface area contributed by atoms with E-state index in [9.17, 15) is 4.79 Å². The predicted molar refractivity (Wildman–Crippen MR) is 50.7 cm³/mol. The summed E-state index contributed by atoms with van der Waals surface area (Å²) in [7, 11) is 0. The molecule has 1 N–H and O–H groups in total. The summed E-state index contributed by atoms with van der Waals surface area (Å²) in [4.78, 5) is 10.1. The molecule has 1 aromatic carbocycles. The molecule has 70 valence electrons. The van der Waals surface area contributed by atoms with Crippen LogP contribution in [0.2, 0.25) is 0 Å². The zero-order chi connectivity index (χ0) is 9.80. The van der Waals surface area contributed by atoms with Gasteiger partial charge in [-0.15, -0.1) is 0 Å². The molecule has 0 bridgehead atoms. The number of carbonyl (C=O) groups is 1. The third-order valence-electron chi connectivity index (χ3n) is 1.85. The monoisotopic (exact) mass is 188 g/mol. The molecule has 0 unspecified atom stereocenters. The molecule has 0 spiro atoms. The van der Waals surface area contributed by atoms with Crippen LogP contribution in [0.4, 0.5) is 0 Å². The van der Waals surface area contributed by atoms with E-state index < -0.39 is 0 Å². The third-order valence-corrected chi connectivity index (χ3v) is 1.85. The molecule has 1 aromatic heterocycles. The molecule has 0 fully saturated rings. The van der Waals surface area contributed by atoms with E-state index in [-0.39, 0.29) is 0 Å². The fourth-order valence-electron chi connectivity index (χ4n) is 1.21. The third kappa shape index (κ3) is 1.64. The summed E-state index contributed by atoms with van der Waals surface area (Å²) < 4.78 is 4.73. The number of ether oxygens (including phenoxy) is 1. The quantitative estimate of drug-likeness (QED) is 0.744. The van der Waals surface area contributed by atoms with Crippen molar-refractivity contribution < 1.29 is 9.53 Å². The van der Waals surface area contributed by atoms with Gasteiger partial charge in [0, 0.05) is 11.8 Å². The Morgan fingerprint density at radius 1 is 1.36 bits per heavy atom. The largest absolute Gasteiger partial charge is 0.429 e. The zero-order valence-electron chi connectivity index (χ0n) is 7.31. The Balaban J connectivity index is 2.35. The van der Waals surface area contributed by atoms with Gasteiger partial charge in [-0.05, 0) is 17.7 Å². The summed E-state index contributed by atoms with van der Waals surface area (Å²) in [6.45, 7) is 0.411. The standard InChI is InChI=1S/C10H8N2O2/c13-7-14-10-3-1-2-8(4-10)9-5-11-12-6-9/h1-7H,(H,11,12). The van der Waals surface area contributed by atoms with E-state index in [1.807, 2.05) is 12.1 Å². The van der Waals surface area contributed by atoms with Crippen LogP contribution in [-0.4, -0.2) is 16.7 Å². The number of nitrogens with one attached hydrogen (secondary N) is 1. The summed E-state index contributed by atoms with van der Waals surface area (Å²) in [5.74, 6) is 0.527.